The van der Waals surface area contributed by atoms with Gasteiger partial charge in [-0.25, -0.2) is 0 Å². The van der Waals surface area contributed by atoms with E-state index in [1.807, 2.05) is 89.8 Å². The van der Waals surface area contributed by atoms with Gasteiger partial charge in [0.25, 0.3) is 0 Å². The van der Waals surface area contributed by atoms with Crippen molar-refractivity contribution in [1.82, 2.24) is 19.7 Å². The molecule has 260 valence electrons. The second kappa shape index (κ2) is 16.4. The van der Waals surface area contributed by atoms with Crippen molar-refractivity contribution in [3.63, 3.8) is 0 Å². The van der Waals surface area contributed by atoms with Crippen LogP contribution in [0.4, 0.5) is 13.2 Å². The minimum Gasteiger partial charge on any atom is -0.338 e. The highest BCUT2D eigenvalue weighted by molar-refractivity contribution is 5.95. The molecule has 51 heavy (non-hydrogen) atoms. The zero-order valence-electron chi connectivity index (χ0n) is 28.1. The number of hydrogen-bond acceptors (Lipinski definition) is 4. The Labute approximate surface area is 296 Å². The second-order valence-electron chi connectivity index (χ2n) is 12.7. The zero-order chi connectivity index (χ0) is 35.6. The second-order valence-corrected chi connectivity index (χ2v) is 12.7. The molecule has 0 aliphatic carbocycles. The van der Waals surface area contributed by atoms with E-state index >= 15 is 0 Å². The molecule has 0 saturated carbocycles. The fraction of sp³-hybridized carbons (Fsp3) is 0.214. The van der Waals surface area contributed by atoms with Crippen molar-refractivity contribution in [2.75, 3.05) is 26.2 Å². The number of halogens is 3. The molecule has 0 N–H and O–H groups in total. The van der Waals surface area contributed by atoms with Crippen molar-refractivity contribution in [1.29, 1.82) is 0 Å². The quantitative estimate of drug-likeness (QED) is 0.133. The molecule has 1 fully saturated rings. The molecule has 1 unspecified atom stereocenters. The van der Waals surface area contributed by atoms with Gasteiger partial charge in [0, 0.05) is 64.2 Å². The monoisotopic (exact) mass is 688 g/mol. The SMILES string of the molecule is O=C(C(Cc1ccccc1)N(Cc1ccc(-c2cccnc2)cc1)C(=O)C=Cc1ccc(C(F)(F)F)cc1)N1CCN(Cc2ccccc2)CC1. The lowest BCUT2D eigenvalue weighted by molar-refractivity contribution is -0.145. The van der Waals surface area contributed by atoms with Crippen LogP contribution in [0.3, 0.4) is 0 Å². The van der Waals surface area contributed by atoms with Crippen molar-refractivity contribution in [3.8, 4) is 11.1 Å². The van der Waals surface area contributed by atoms with Crippen LogP contribution in [0.25, 0.3) is 17.2 Å². The van der Waals surface area contributed by atoms with Crippen molar-refractivity contribution < 1.29 is 22.8 Å². The van der Waals surface area contributed by atoms with Gasteiger partial charge in [-0.3, -0.25) is 19.5 Å². The minimum absolute atomic E-state index is 0.138. The first-order valence-corrected chi connectivity index (χ1v) is 17.0. The number of aromatic nitrogens is 1. The highest BCUT2D eigenvalue weighted by Crippen LogP contribution is 2.29. The molecule has 9 heteroatoms. The van der Waals surface area contributed by atoms with E-state index in [-0.39, 0.29) is 12.5 Å². The third kappa shape index (κ3) is 9.58. The molecule has 0 radical (unpaired) electrons. The molecule has 0 bridgehead atoms. The molecule has 1 atom stereocenters. The van der Waals surface area contributed by atoms with E-state index in [4.69, 9.17) is 0 Å². The van der Waals surface area contributed by atoms with Crippen LogP contribution in [0, 0.1) is 0 Å². The summed E-state index contributed by atoms with van der Waals surface area (Å²) in [7, 11) is 0. The van der Waals surface area contributed by atoms with E-state index in [0.717, 1.165) is 40.9 Å². The van der Waals surface area contributed by atoms with E-state index in [1.165, 1.54) is 29.8 Å². The summed E-state index contributed by atoms with van der Waals surface area (Å²) in [6.07, 6.45) is 2.18. The maximum atomic E-state index is 14.5. The Morgan fingerprint density at radius 1 is 0.725 bits per heavy atom. The number of pyridine rings is 1. The Bertz CT molecular complexity index is 1890. The first kappa shape index (κ1) is 35.3. The van der Waals surface area contributed by atoms with Crippen molar-refractivity contribution in [2.45, 2.75) is 31.7 Å². The summed E-state index contributed by atoms with van der Waals surface area (Å²) in [6, 6.07) is 35.3. The smallest absolute Gasteiger partial charge is 0.338 e. The van der Waals surface area contributed by atoms with Gasteiger partial charge in [-0.1, -0.05) is 103 Å². The van der Waals surface area contributed by atoms with Crippen LogP contribution in [0.1, 0.15) is 27.8 Å². The van der Waals surface area contributed by atoms with E-state index in [0.29, 0.717) is 38.2 Å². The Balaban J connectivity index is 1.28. The lowest BCUT2D eigenvalue weighted by atomic mass is 10.0. The van der Waals surface area contributed by atoms with E-state index < -0.39 is 23.7 Å². The number of alkyl halides is 3. The standard InChI is InChI=1S/C42H39F3N4O2/c43-42(44,45)38-20-15-32(16-21-38)17-22-40(50)49(31-35-13-18-36(19-14-35)37-12-7-23-46-29-37)39(28-33-8-3-1-4-9-33)41(51)48-26-24-47(25-27-48)30-34-10-5-2-6-11-34/h1-23,29,39H,24-28,30-31H2. The number of piperazine rings is 1. The van der Waals surface area contributed by atoms with Gasteiger partial charge in [0.2, 0.25) is 11.8 Å². The topological polar surface area (TPSA) is 56.8 Å². The summed E-state index contributed by atoms with van der Waals surface area (Å²) in [5.74, 6) is -0.551. The van der Waals surface area contributed by atoms with Crippen molar-refractivity contribution in [3.05, 3.63) is 168 Å². The average Bonchev–Trinajstić information content (AvgIpc) is 3.16. The lowest BCUT2D eigenvalue weighted by Gasteiger charge is -2.39. The van der Waals surface area contributed by atoms with Crippen LogP contribution in [0.2, 0.25) is 0 Å². The number of amides is 2. The zero-order valence-corrected chi connectivity index (χ0v) is 28.1. The molecular formula is C42H39F3N4O2. The lowest BCUT2D eigenvalue weighted by Crippen LogP contribution is -2.56. The Kier molecular flexibility index (Phi) is 11.4. The van der Waals surface area contributed by atoms with E-state index in [9.17, 15) is 22.8 Å². The number of hydrogen-bond donors (Lipinski definition) is 0. The molecule has 1 aliphatic heterocycles. The van der Waals surface area contributed by atoms with Gasteiger partial charge in [-0.2, -0.15) is 13.2 Å². The number of benzene rings is 4. The van der Waals surface area contributed by atoms with Gasteiger partial charge in [0.1, 0.15) is 6.04 Å². The van der Waals surface area contributed by atoms with Crippen molar-refractivity contribution >= 4 is 17.9 Å². The summed E-state index contributed by atoms with van der Waals surface area (Å²) in [5, 5.41) is 0. The third-order valence-corrected chi connectivity index (χ3v) is 9.11. The molecule has 0 spiro atoms. The fourth-order valence-electron chi connectivity index (χ4n) is 6.27. The molecule has 6 rings (SSSR count). The molecule has 5 aromatic rings. The average molecular weight is 689 g/mol. The third-order valence-electron chi connectivity index (χ3n) is 9.11. The molecule has 6 nitrogen and oxygen atoms in total. The fourth-order valence-corrected chi connectivity index (χ4v) is 6.27. The van der Waals surface area contributed by atoms with Crippen molar-refractivity contribution in [2.24, 2.45) is 0 Å². The highest BCUT2D eigenvalue weighted by atomic mass is 19.4. The highest BCUT2D eigenvalue weighted by Gasteiger charge is 2.34. The Morgan fingerprint density at radius 3 is 1.98 bits per heavy atom. The van der Waals surface area contributed by atoms with Gasteiger partial charge in [-0.15, -0.1) is 0 Å². The molecule has 1 aromatic heterocycles. The first-order valence-electron chi connectivity index (χ1n) is 17.0. The molecule has 4 aromatic carbocycles. The summed E-state index contributed by atoms with van der Waals surface area (Å²) < 4.78 is 39.5. The molecule has 2 amide bonds. The number of carbonyl (C=O) groups excluding carboxylic acids is 2. The summed E-state index contributed by atoms with van der Waals surface area (Å²) in [5.41, 5.74) is 4.56. The van der Waals surface area contributed by atoms with Crippen LogP contribution >= 0.6 is 0 Å². The summed E-state index contributed by atoms with van der Waals surface area (Å²) in [6.45, 7) is 3.42. The molecule has 1 aliphatic rings. The molecule has 2 heterocycles. The molecular weight excluding hydrogens is 649 g/mol. The minimum atomic E-state index is -4.46. The normalized spacial score (nSPS) is 14.4. The predicted molar refractivity (Wildman–Crippen MR) is 193 cm³/mol. The maximum Gasteiger partial charge on any atom is 0.416 e. The molecule has 1 saturated heterocycles. The van der Waals surface area contributed by atoms with Crippen LogP contribution in [-0.4, -0.2) is 63.7 Å². The van der Waals surface area contributed by atoms with Gasteiger partial charge >= 0.3 is 6.18 Å². The number of nitrogens with zero attached hydrogens (tertiary/aromatic N) is 4. The van der Waals surface area contributed by atoms with Gasteiger partial charge in [-0.05, 0) is 57.7 Å². The summed E-state index contributed by atoms with van der Waals surface area (Å²) in [4.78, 5) is 38.7. The van der Waals surface area contributed by atoms with Crippen LogP contribution < -0.4 is 0 Å². The Morgan fingerprint density at radius 2 is 1.37 bits per heavy atom. The van der Waals surface area contributed by atoms with Crippen LogP contribution in [-0.2, 0) is 35.3 Å². The van der Waals surface area contributed by atoms with Crippen LogP contribution in [0.5, 0.6) is 0 Å². The van der Waals surface area contributed by atoms with Crippen LogP contribution in [0.15, 0.2) is 140 Å². The summed E-state index contributed by atoms with van der Waals surface area (Å²) >= 11 is 0. The number of carbonyl (C=O) groups is 2. The van der Waals surface area contributed by atoms with E-state index in [2.05, 4.69) is 22.0 Å². The number of rotatable bonds is 11. The predicted octanol–water partition coefficient (Wildman–Crippen LogP) is 7.77. The van der Waals surface area contributed by atoms with Gasteiger partial charge in [0.05, 0.1) is 5.56 Å². The maximum absolute atomic E-state index is 14.5. The first-order chi connectivity index (χ1) is 24.7. The van der Waals surface area contributed by atoms with Gasteiger partial charge in [0.15, 0.2) is 0 Å². The Hall–Kier alpha value is -5.54. The van der Waals surface area contributed by atoms with E-state index in [1.54, 1.807) is 17.3 Å². The van der Waals surface area contributed by atoms with Gasteiger partial charge < -0.3 is 9.80 Å². The largest absolute Gasteiger partial charge is 0.416 e.